The standard InChI is InChI=1S/C6H12.3ClH/c1-2-4-6-5-3-1;;;/h1-6H2;3*1H/p-3. The highest BCUT2D eigenvalue weighted by Crippen LogP contribution is 2.15. The molecule has 60 valence electrons. The van der Waals surface area contributed by atoms with Crippen LogP contribution in [0.3, 0.4) is 0 Å². The SMILES string of the molecule is C1CCCCC1.[Cl-].[Cl-].[Cl-]. The Balaban J connectivity index is -0.000000120. The average Bonchev–Trinajstić information content (AvgIpc) is 1.72. The normalized spacial score (nSPS) is 16.0. The van der Waals surface area contributed by atoms with E-state index in [1.54, 1.807) is 0 Å². The zero-order chi connectivity index (χ0) is 4.24. The third kappa shape index (κ3) is 8.87. The van der Waals surface area contributed by atoms with Gasteiger partial charge in [-0.05, 0) is 0 Å². The van der Waals surface area contributed by atoms with E-state index in [0.29, 0.717) is 0 Å². The molecule has 0 heterocycles. The van der Waals surface area contributed by atoms with Gasteiger partial charge in [-0.3, -0.25) is 0 Å². The van der Waals surface area contributed by atoms with Crippen molar-refractivity contribution in [2.24, 2.45) is 0 Å². The Bertz CT molecular complexity index is 23.8. The van der Waals surface area contributed by atoms with E-state index in [1.165, 1.54) is 38.5 Å². The fraction of sp³-hybridized carbons (Fsp3) is 1.00. The van der Waals surface area contributed by atoms with E-state index in [0.717, 1.165) is 0 Å². The summed E-state index contributed by atoms with van der Waals surface area (Å²) < 4.78 is 0. The van der Waals surface area contributed by atoms with Crippen LogP contribution >= 0.6 is 0 Å². The number of rotatable bonds is 0. The van der Waals surface area contributed by atoms with Crippen LogP contribution in [0, 0.1) is 0 Å². The van der Waals surface area contributed by atoms with E-state index in [-0.39, 0.29) is 37.2 Å². The summed E-state index contributed by atoms with van der Waals surface area (Å²) in [5.41, 5.74) is 0. The molecule has 0 aromatic carbocycles. The van der Waals surface area contributed by atoms with Gasteiger partial charge in [0.1, 0.15) is 0 Å². The molecule has 0 unspecified atom stereocenters. The van der Waals surface area contributed by atoms with Gasteiger partial charge in [0.15, 0.2) is 0 Å². The largest absolute Gasteiger partial charge is 1.00 e. The van der Waals surface area contributed by atoms with Crippen LogP contribution in [-0.4, -0.2) is 0 Å². The van der Waals surface area contributed by atoms with Crippen LogP contribution < -0.4 is 37.2 Å². The third-order valence-corrected chi connectivity index (χ3v) is 1.50. The van der Waals surface area contributed by atoms with Gasteiger partial charge in [0.25, 0.3) is 0 Å². The summed E-state index contributed by atoms with van der Waals surface area (Å²) in [6.45, 7) is 0. The first-order valence-electron chi connectivity index (χ1n) is 3.00. The second-order valence-corrected chi connectivity index (χ2v) is 2.12. The quantitative estimate of drug-likeness (QED) is 0.356. The Morgan fingerprint density at radius 3 is 0.556 bits per heavy atom. The molecule has 0 aliphatic heterocycles. The first-order chi connectivity index (χ1) is 3.00. The summed E-state index contributed by atoms with van der Waals surface area (Å²) in [6, 6.07) is 0. The minimum absolute atomic E-state index is 0. The summed E-state index contributed by atoms with van der Waals surface area (Å²) in [5.74, 6) is 0. The molecular weight excluding hydrogens is 178 g/mol. The van der Waals surface area contributed by atoms with Crippen molar-refractivity contribution < 1.29 is 37.2 Å². The predicted octanol–water partition coefficient (Wildman–Crippen LogP) is -6.65. The average molecular weight is 191 g/mol. The minimum atomic E-state index is 0. The molecule has 1 aliphatic rings. The Morgan fingerprint density at radius 1 is 0.333 bits per heavy atom. The lowest BCUT2D eigenvalue weighted by atomic mass is 10.0. The third-order valence-electron chi connectivity index (χ3n) is 1.50. The minimum Gasteiger partial charge on any atom is -1.00 e. The van der Waals surface area contributed by atoms with E-state index in [9.17, 15) is 0 Å². The first-order valence-corrected chi connectivity index (χ1v) is 3.00. The van der Waals surface area contributed by atoms with Crippen LogP contribution in [0.25, 0.3) is 0 Å². The van der Waals surface area contributed by atoms with Crippen LogP contribution in [0.2, 0.25) is 0 Å². The molecule has 0 aromatic heterocycles. The molecule has 0 N–H and O–H groups in total. The topological polar surface area (TPSA) is 0 Å². The molecule has 1 rings (SSSR count). The van der Waals surface area contributed by atoms with Gasteiger partial charge in [-0.15, -0.1) is 0 Å². The van der Waals surface area contributed by atoms with Crippen LogP contribution in [0.4, 0.5) is 0 Å². The van der Waals surface area contributed by atoms with Crippen LogP contribution in [0.1, 0.15) is 38.5 Å². The Morgan fingerprint density at radius 2 is 0.444 bits per heavy atom. The van der Waals surface area contributed by atoms with Crippen molar-refractivity contribution in [2.75, 3.05) is 0 Å². The molecule has 0 radical (unpaired) electrons. The highest BCUT2D eigenvalue weighted by Gasteiger charge is 1.95. The van der Waals surface area contributed by atoms with Crippen molar-refractivity contribution in [1.82, 2.24) is 0 Å². The maximum Gasteiger partial charge on any atom is -0.0533 e. The van der Waals surface area contributed by atoms with E-state index >= 15 is 0 Å². The number of hydrogen-bond donors (Lipinski definition) is 0. The molecule has 0 saturated heterocycles. The molecule has 9 heavy (non-hydrogen) atoms. The monoisotopic (exact) mass is 189 g/mol. The van der Waals surface area contributed by atoms with Gasteiger partial charge in [0.2, 0.25) is 0 Å². The molecule has 3 heteroatoms. The smallest absolute Gasteiger partial charge is 0.0533 e. The fourth-order valence-corrected chi connectivity index (χ4v) is 1.06. The molecule has 0 aromatic rings. The summed E-state index contributed by atoms with van der Waals surface area (Å²) in [5, 5.41) is 0. The zero-order valence-corrected chi connectivity index (χ0v) is 7.64. The second kappa shape index (κ2) is 11.6. The lowest BCUT2D eigenvalue weighted by Gasteiger charge is -2.05. The van der Waals surface area contributed by atoms with Gasteiger partial charge in [0.05, 0.1) is 0 Å². The van der Waals surface area contributed by atoms with Crippen molar-refractivity contribution in [3.8, 4) is 0 Å². The van der Waals surface area contributed by atoms with E-state index in [1.807, 2.05) is 0 Å². The van der Waals surface area contributed by atoms with Crippen molar-refractivity contribution in [2.45, 2.75) is 38.5 Å². The van der Waals surface area contributed by atoms with Crippen molar-refractivity contribution >= 4 is 0 Å². The van der Waals surface area contributed by atoms with Gasteiger partial charge in [0, 0.05) is 0 Å². The summed E-state index contributed by atoms with van der Waals surface area (Å²) >= 11 is 0. The van der Waals surface area contributed by atoms with E-state index in [4.69, 9.17) is 0 Å². The van der Waals surface area contributed by atoms with Gasteiger partial charge in [-0.25, -0.2) is 0 Å². The van der Waals surface area contributed by atoms with Gasteiger partial charge < -0.3 is 37.2 Å². The first kappa shape index (κ1) is 16.5. The lowest BCUT2D eigenvalue weighted by molar-refractivity contribution is -0.001000. The fourth-order valence-electron chi connectivity index (χ4n) is 1.06. The van der Waals surface area contributed by atoms with Crippen LogP contribution in [-0.2, 0) is 0 Å². The van der Waals surface area contributed by atoms with Crippen molar-refractivity contribution in [3.63, 3.8) is 0 Å². The molecule has 1 saturated carbocycles. The lowest BCUT2D eigenvalue weighted by Crippen LogP contribution is -3.00. The predicted molar refractivity (Wildman–Crippen MR) is 27.7 cm³/mol. The maximum absolute atomic E-state index is 1.50. The van der Waals surface area contributed by atoms with Gasteiger partial charge >= 0.3 is 0 Å². The molecule has 1 aliphatic carbocycles. The van der Waals surface area contributed by atoms with Crippen LogP contribution in [0.5, 0.6) is 0 Å². The Kier molecular flexibility index (Phi) is 21.3. The molecular formula is C6H12Cl3-3. The van der Waals surface area contributed by atoms with Crippen molar-refractivity contribution in [3.05, 3.63) is 0 Å². The molecule has 0 atom stereocenters. The second-order valence-electron chi connectivity index (χ2n) is 2.12. The summed E-state index contributed by atoms with van der Waals surface area (Å²) in [7, 11) is 0. The molecule has 0 nitrogen and oxygen atoms in total. The molecule has 0 amide bonds. The maximum atomic E-state index is 1.50. The highest BCUT2D eigenvalue weighted by molar-refractivity contribution is 4.51. The van der Waals surface area contributed by atoms with E-state index < -0.39 is 0 Å². The number of halogens is 3. The molecule has 0 spiro atoms. The Labute approximate surface area is 76.0 Å². The van der Waals surface area contributed by atoms with Crippen LogP contribution in [0.15, 0.2) is 0 Å². The van der Waals surface area contributed by atoms with Gasteiger partial charge in [-0.2, -0.15) is 0 Å². The van der Waals surface area contributed by atoms with E-state index in [2.05, 4.69) is 0 Å². The summed E-state index contributed by atoms with van der Waals surface area (Å²) in [6.07, 6.45) is 9.00. The Hall–Kier alpha value is 0.870. The van der Waals surface area contributed by atoms with Gasteiger partial charge in [-0.1, -0.05) is 38.5 Å². The zero-order valence-electron chi connectivity index (χ0n) is 5.38. The number of hydrogen-bond acceptors (Lipinski definition) is 0. The molecule has 1 fully saturated rings. The highest BCUT2D eigenvalue weighted by atomic mass is 35.5. The summed E-state index contributed by atoms with van der Waals surface area (Å²) in [4.78, 5) is 0. The molecule has 0 bridgehead atoms. The van der Waals surface area contributed by atoms with Crippen molar-refractivity contribution in [1.29, 1.82) is 0 Å².